The van der Waals surface area contributed by atoms with Crippen molar-refractivity contribution in [3.05, 3.63) is 70.3 Å². The van der Waals surface area contributed by atoms with Crippen LogP contribution in [-0.4, -0.2) is 43.6 Å². The molecule has 2 aromatic carbocycles. The number of nitrogens with zero attached hydrogens (tertiary/aromatic N) is 2. The minimum Gasteiger partial charge on any atom is -0.359 e. The fourth-order valence-electron chi connectivity index (χ4n) is 3.36. The summed E-state index contributed by atoms with van der Waals surface area (Å²) in [5.74, 6) is -0.267. The maximum atomic E-state index is 12.4. The minimum atomic E-state index is -0.451. The zero-order valence-corrected chi connectivity index (χ0v) is 15.9. The van der Waals surface area contributed by atoms with Crippen molar-refractivity contribution in [3.8, 4) is 0 Å². The minimum absolute atomic E-state index is 0.00116. The van der Waals surface area contributed by atoms with Gasteiger partial charge < -0.3 is 15.1 Å². The SMILES string of the molecule is CC[NH+]1CCN(c2ccccc2NC(=O)/C=C/c2cccc([N+](=O)[O-])c2)CC1. The van der Waals surface area contributed by atoms with Crippen LogP contribution >= 0.6 is 0 Å². The van der Waals surface area contributed by atoms with Crippen LogP contribution in [0.5, 0.6) is 0 Å². The quantitative estimate of drug-likeness (QED) is 0.456. The number of piperazine rings is 1. The van der Waals surface area contributed by atoms with Gasteiger partial charge in [-0.15, -0.1) is 0 Å². The maximum absolute atomic E-state index is 12.4. The second-order valence-corrected chi connectivity index (χ2v) is 6.78. The van der Waals surface area contributed by atoms with E-state index in [-0.39, 0.29) is 11.6 Å². The normalized spacial score (nSPS) is 15.0. The molecular formula is C21H25N4O3+. The first kappa shape index (κ1) is 19.6. The lowest BCUT2D eigenvalue weighted by Gasteiger charge is -2.34. The smallest absolute Gasteiger partial charge is 0.270 e. The second kappa shape index (κ2) is 9.14. The van der Waals surface area contributed by atoms with Gasteiger partial charge in [-0.05, 0) is 30.7 Å². The molecule has 0 unspecified atom stereocenters. The average molecular weight is 381 g/mol. The van der Waals surface area contributed by atoms with E-state index < -0.39 is 4.92 Å². The molecule has 0 spiro atoms. The van der Waals surface area contributed by atoms with Crippen LogP contribution in [0.3, 0.4) is 0 Å². The molecular weight excluding hydrogens is 356 g/mol. The third-order valence-corrected chi connectivity index (χ3v) is 4.98. The summed E-state index contributed by atoms with van der Waals surface area (Å²) in [5.41, 5.74) is 2.41. The maximum Gasteiger partial charge on any atom is 0.270 e. The van der Waals surface area contributed by atoms with E-state index in [2.05, 4.69) is 17.1 Å². The van der Waals surface area contributed by atoms with E-state index in [0.29, 0.717) is 5.56 Å². The molecule has 1 aliphatic rings. The van der Waals surface area contributed by atoms with Gasteiger partial charge in [0.05, 0.1) is 49.0 Å². The van der Waals surface area contributed by atoms with Gasteiger partial charge in [0.25, 0.3) is 5.69 Å². The van der Waals surface area contributed by atoms with Gasteiger partial charge in [0.1, 0.15) is 0 Å². The van der Waals surface area contributed by atoms with Gasteiger partial charge in [0, 0.05) is 18.2 Å². The summed E-state index contributed by atoms with van der Waals surface area (Å²) in [7, 11) is 0. The Balaban J connectivity index is 1.68. The number of hydrogen-bond donors (Lipinski definition) is 2. The number of amides is 1. The molecule has 2 aromatic rings. The van der Waals surface area contributed by atoms with E-state index >= 15 is 0 Å². The molecule has 146 valence electrons. The Labute approximate surface area is 164 Å². The molecule has 0 radical (unpaired) electrons. The molecule has 0 aromatic heterocycles. The van der Waals surface area contributed by atoms with Crippen molar-refractivity contribution in [1.82, 2.24) is 0 Å². The van der Waals surface area contributed by atoms with E-state index in [1.165, 1.54) is 18.2 Å². The number of benzene rings is 2. The number of carbonyl (C=O) groups excluding carboxylic acids is 1. The van der Waals surface area contributed by atoms with Gasteiger partial charge in [-0.25, -0.2) is 0 Å². The van der Waals surface area contributed by atoms with Crippen molar-refractivity contribution in [1.29, 1.82) is 0 Å². The molecule has 0 aliphatic carbocycles. The molecule has 7 nitrogen and oxygen atoms in total. The Hall–Kier alpha value is -3.19. The standard InChI is InChI=1S/C21H24N4O3/c1-2-23-12-14-24(15-13-23)20-9-4-3-8-19(20)22-21(26)11-10-17-6-5-7-18(16-17)25(27)28/h3-11,16H,2,12-15H2,1H3,(H,22,26)/p+1/b11-10+. The average Bonchev–Trinajstić information content (AvgIpc) is 2.73. The van der Waals surface area contributed by atoms with Crippen molar-refractivity contribution in [3.63, 3.8) is 0 Å². The van der Waals surface area contributed by atoms with Crippen LogP contribution in [0.1, 0.15) is 12.5 Å². The highest BCUT2D eigenvalue weighted by Gasteiger charge is 2.20. The van der Waals surface area contributed by atoms with Crippen molar-refractivity contribution >= 4 is 29.0 Å². The fraction of sp³-hybridized carbons (Fsp3) is 0.286. The molecule has 1 aliphatic heterocycles. The van der Waals surface area contributed by atoms with Gasteiger partial charge in [-0.2, -0.15) is 0 Å². The Morgan fingerprint density at radius 2 is 1.96 bits per heavy atom. The van der Waals surface area contributed by atoms with Gasteiger partial charge in [-0.3, -0.25) is 14.9 Å². The van der Waals surface area contributed by atoms with Crippen molar-refractivity contribution in [2.24, 2.45) is 0 Å². The lowest BCUT2D eigenvalue weighted by atomic mass is 10.2. The summed E-state index contributed by atoms with van der Waals surface area (Å²) < 4.78 is 0. The summed E-state index contributed by atoms with van der Waals surface area (Å²) in [6, 6.07) is 14.0. The zero-order valence-electron chi connectivity index (χ0n) is 15.9. The van der Waals surface area contributed by atoms with E-state index in [1.807, 2.05) is 24.3 Å². The molecule has 1 heterocycles. The van der Waals surface area contributed by atoms with Crippen LogP contribution in [0, 0.1) is 10.1 Å². The van der Waals surface area contributed by atoms with E-state index in [9.17, 15) is 14.9 Å². The molecule has 0 atom stereocenters. The topological polar surface area (TPSA) is 79.9 Å². The van der Waals surface area contributed by atoms with Crippen molar-refractivity contribution in [2.45, 2.75) is 6.92 Å². The number of carbonyl (C=O) groups is 1. The molecule has 28 heavy (non-hydrogen) atoms. The Morgan fingerprint density at radius 3 is 2.68 bits per heavy atom. The van der Waals surface area contributed by atoms with Crippen LogP contribution in [0.4, 0.5) is 17.1 Å². The summed E-state index contributed by atoms with van der Waals surface area (Å²) in [5, 5.41) is 13.8. The number of para-hydroxylation sites is 2. The van der Waals surface area contributed by atoms with Gasteiger partial charge in [0.15, 0.2) is 0 Å². The largest absolute Gasteiger partial charge is 0.359 e. The number of non-ortho nitro benzene ring substituents is 1. The first-order chi connectivity index (χ1) is 13.6. The molecule has 3 rings (SSSR count). The van der Waals surface area contributed by atoms with Crippen LogP contribution in [0.15, 0.2) is 54.6 Å². The molecule has 0 bridgehead atoms. The van der Waals surface area contributed by atoms with E-state index in [1.54, 1.807) is 23.1 Å². The molecule has 1 amide bonds. The van der Waals surface area contributed by atoms with E-state index in [4.69, 9.17) is 0 Å². The first-order valence-corrected chi connectivity index (χ1v) is 9.48. The summed E-state index contributed by atoms with van der Waals surface area (Å²) in [6.07, 6.45) is 2.98. The third-order valence-electron chi connectivity index (χ3n) is 4.98. The number of nitrogens with one attached hydrogen (secondary N) is 2. The lowest BCUT2D eigenvalue weighted by molar-refractivity contribution is -0.898. The highest BCUT2D eigenvalue weighted by Crippen LogP contribution is 2.25. The van der Waals surface area contributed by atoms with Crippen LogP contribution in [0.2, 0.25) is 0 Å². The van der Waals surface area contributed by atoms with Gasteiger partial charge in [0.2, 0.25) is 5.91 Å². The van der Waals surface area contributed by atoms with Crippen molar-refractivity contribution < 1.29 is 14.6 Å². The molecule has 2 N–H and O–H groups in total. The highest BCUT2D eigenvalue weighted by molar-refractivity contribution is 6.03. The molecule has 7 heteroatoms. The number of nitro benzene ring substituents is 1. The van der Waals surface area contributed by atoms with E-state index in [0.717, 1.165) is 44.1 Å². The summed E-state index contributed by atoms with van der Waals surface area (Å²) in [6.45, 7) is 7.43. The van der Waals surface area contributed by atoms with Crippen LogP contribution < -0.4 is 15.1 Å². The Morgan fingerprint density at radius 1 is 1.21 bits per heavy atom. The predicted molar refractivity (Wildman–Crippen MR) is 111 cm³/mol. The molecule has 1 saturated heterocycles. The van der Waals surface area contributed by atoms with Crippen LogP contribution in [-0.2, 0) is 4.79 Å². The number of anilines is 2. The number of rotatable bonds is 6. The summed E-state index contributed by atoms with van der Waals surface area (Å²) in [4.78, 5) is 26.7. The number of likely N-dealkylation sites (N-methyl/N-ethyl adjacent to an activating group) is 1. The Kier molecular flexibility index (Phi) is 6.39. The van der Waals surface area contributed by atoms with Gasteiger partial charge in [-0.1, -0.05) is 24.3 Å². The Bertz CT molecular complexity index is 873. The number of hydrogen-bond acceptors (Lipinski definition) is 4. The monoisotopic (exact) mass is 381 g/mol. The van der Waals surface area contributed by atoms with Crippen molar-refractivity contribution in [2.75, 3.05) is 42.9 Å². The molecule has 1 fully saturated rings. The van der Waals surface area contributed by atoms with Crippen LogP contribution in [0.25, 0.3) is 6.08 Å². The highest BCUT2D eigenvalue weighted by atomic mass is 16.6. The lowest BCUT2D eigenvalue weighted by Crippen LogP contribution is -3.14. The summed E-state index contributed by atoms with van der Waals surface area (Å²) >= 11 is 0. The van der Waals surface area contributed by atoms with Gasteiger partial charge >= 0.3 is 0 Å². The number of nitro groups is 1. The zero-order chi connectivity index (χ0) is 19.9. The fourth-order valence-corrected chi connectivity index (χ4v) is 3.36. The number of quaternary nitrogens is 1. The first-order valence-electron chi connectivity index (χ1n) is 9.48. The second-order valence-electron chi connectivity index (χ2n) is 6.78. The third kappa shape index (κ3) is 4.95. The molecule has 0 saturated carbocycles. The predicted octanol–water partition coefficient (Wildman–Crippen LogP) is 1.97.